The molecule has 0 aliphatic rings. The van der Waals surface area contributed by atoms with Crippen molar-refractivity contribution in [1.29, 1.82) is 0 Å². The van der Waals surface area contributed by atoms with Crippen molar-refractivity contribution < 1.29 is 19.8 Å². The lowest BCUT2D eigenvalue weighted by Crippen LogP contribution is -2.10. The van der Waals surface area contributed by atoms with E-state index in [4.69, 9.17) is 19.8 Å². The van der Waals surface area contributed by atoms with Crippen LogP contribution in [0.1, 0.15) is 81.1 Å². The van der Waals surface area contributed by atoms with Crippen molar-refractivity contribution in [2.24, 2.45) is 0 Å². The summed E-state index contributed by atoms with van der Waals surface area (Å²) in [6, 6.07) is 0. The number of hydrogen-bond acceptors (Lipinski definition) is 4. The quantitative estimate of drug-likeness (QED) is 0.331. The molecule has 0 aromatic heterocycles. The zero-order chi connectivity index (χ0) is 22.9. The first-order chi connectivity index (χ1) is 13.3. The largest absolute Gasteiger partial charge is 0.554 e. The molecule has 0 heterocycles. The Morgan fingerprint density at radius 3 is 0.750 bits per heavy atom. The van der Waals surface area contributed by atoms with Gasteiger partial charge in [0, 0.05) is 27.5 Å². The fraction of sp³-hybridized carbons (Fsp3) is 0.909. The highest BCUT2D eigenvalue weighted by molar-refractivity contribution is 7.76. The molecule has 0 rings (SSSR count). The van der Waals surface area contributed by atoms with Gasteiger partial charge in [0.2, 0.25) is 0 Å². The van der Waals surface area contributed by atoms with Crippen LogP contribution in [-0.4, -0.2) is 62.2 Å². The van der Waals surface area contributed by atoms with Crippen LogP contribution in [0.25, 0.3) is 0 Å². The summed E-state index contributed by atoms with van der Waals surface area (Å²) >= 11 is 0. The zero-order valence-electron chi connectivity index (χ0n) is 20.2. The molecule has 0 bridgehead atoms. The Balaban J connectivity index is -0.000000166. The summed E-state index contributed by atoms with van der Waals surface area (Å²) in [4.78, 5) is 16.5. The number of carboxylic acid groups (broad SMARTS) is 2. The molecule has 0 aromatic carbocycles. The lowest BCUT2D eigenvalue weighted by molar-refractivity contribution is -0.284. The highest BCUT2D eigenvalue weighted by atomic mass is 31.2. The van der Waals surface area contributed by atoms with Gasteiger partial charge in [0.15, 0.2) is 0 Å². The Hall–Kier alpha value is -0.200. The zero-order valence-corrected chi connectivity index (χ0v) is 22.0. The molecule has 6 heteroatoms. The maximum atomic E-state index is 8.25. The van der Waals surface area contributed by atoms with E-state index in [1.165, 1.54) is 50.3 Å². The first-order valence-electron chi connectivity index (χ1n) is 11.1. The van der Waals surface area contributed by atoms with E-state index in [1.807, 2.05) is 0 Å². The Morgan fingerprint density at radius 1 is 0.500 bits per heavy atom. The highest BCUT2D eigenvalue weighted by Gasteiger charge is 2.32. The molecule has 172 valence electrons. The third kappa shape index (κ3) is 20.5. The van der Waals surface area contributed by atoms with Gasteiger partial charge in [-0.15, -0.1) is 0 Å². The summed E-state index contributed by atoms with van der Waals surface area (Å²) in [5.74, 6) is 0. The minimum atomic E-state index is -0.500. The second kappa shape index (κ2) is 26.8. The van der Waals surface area contributed by atoms with Gasteiger partial charge in [-0.05, 0) is 53.4 Å². The van der Waals surface area contributed by atoms with E-state index < -0.39 is 27.5 Å². The third-order valence-corrected chi connectivity index (χ3v) is 16.4. The molecule has 0 aliphatic heterocycles. The molecular weight excluding hydrogens is 390 g/mol. The fourth-order valence-electron chi connectivity index (χ4n) is 3.91. The molecule has 0 aliphatic carbocycles. The lowest BCUT2D eigenvalue weighted by atomic mass is 10.5. The van der Waals surface area contributed by atoms with Gasteiger partial charge in [0.25, 0.3) is 0 Å². The van der Waals surface area contributed by atoms with Crippen molar-refractivity contribution >= 4 is 27.5 Å². The second-order valence-corrected chi connectivity index (χ2v) is 16.7. The standard InChI is InChI=1S/C12H28P.C8H20P.2CH2O2/c1-5-9-13(10-6-2,11-7-3)12-8-4;1-5-9(6-2,7-3)8-4;2*2-1-3/h5-12H2,1-4H3;5-8H2,1-4H3;2*1H,(H,2,3)/q2*+1;;/p-2. The van der Waals surface area contributed by atoms with Crippen molar-refractivity contribution in [3.63, 3.8) is 0 Å². The van der Waals surface area contributed by atoms with E-state index in [0.29, 0.717) is 0 Å². The van der Waals surface area contributed by atoms with Crippen LogP contribution in [0.5, 0.6) is 0 Å². The second-order valence-electron chi connectivity index (χ2n) is 7.04. The van der Waals surface area contributed by atoms with Gasteiger partial charge in [-0.2, -0.15) is 0 Å². The molecule has 0 spiro atoms. The average molecular weight is 441 g/mol. The molecule has 0 aromatic rings. The minimum absolute atomic E-state index is 0.420. The molecule has 0 saturated carbocycles. The molecule has 28 heavy (non-hydrogen) atoms. The van der Waals surface area contributed by atoms with E-state index >= 15 is 0 Å². The van der Waals surface area contributed by atoms with Crippen LogP contribution in [0.15, 0.2) is 0 Å². The van der Waals surface area contributed by atoms with E-state index in [2.05, 4.69) is 55.4 Å². The first kappa shape index (κ1) is 35.3. The lowest BCUT2D eigenvalue weighted by Gasteiger charge is -2.26. The third-order valence-electron chi connectivity index (χ3n) is 5.48. The van der Waals surface area contributed by atoms with Crippen molar-refractivity contribution in [2.75, 3.05) is 49.3 Å². The van der Waals surface area contributed by atoms with Crippen molar-refractivity contribution in [1.82, 2.24) is 0 Å². The fourth-order valence-corrected chi connectivity index (χ4v) is 11.7. The molecule has 0 saturated heterocycles. The van der Waals surface area contributed by atoms with Crippen molar-refractivity contribution in [3.8, 4) is 0 Å². The van der Waals surface area contributed by atoms with Gasteiger partial charge in [0.05, 0.1) is 49.3 Å². The predicted octanol–water partition coefficient (Wildman–Crippen LogP) is 4.46. The van der Waals surface area contributed by atoms with E-state index in [1.54, 1.807) is 24.6 Å². The van der Waals surface area contributed by atoms with Crippen LogP contribution in [-0.2, 0) is 9.59 Å². The minimum Gasteiger partial charge on any atom is -0.554 e. The topological polar surface area (TPSA) is 80.3 Å². The number of rotatable bonds is 12. The number of carbonyl (C=O) groups is 2. The van der Waals surface area contributed by atoms with Crippen LogP contribution < -0.4 is 10.2 Å². The molecule has 0 atom stereocenters. The normalized spacial score (nSPS) is 10.3. The molecule has 0 N–H and O–H groups in total. The van der Waals surface area contributed by atoms with E-state index in [9.17, 15) is 0 Å². The van der Waals surface area contributed by atoms with Crippen LogP contribution >= 0.6 is 14.5 Å². The molecule has 0 fully saturated rings. The Labute approximate surface area is 178 Å². The monoisotopic (exact) mass is 440 g/mol. The van der Waals surface area contributed by atoms with Crippen LogP contribution in [0.2, 0.25) is 0 Å². The van der Waals surface area contributed by atoms with Gasteiger partial charge >= 0.3 is 0 Å². The number of hydrogen-bond donors (Lipinski definition) is 0. The van der Waals surface area contributed by atoms with Gasteiger partial charge in [-0.25, -0.2) is 0 Å². The summed E-state index contributed by atoms with van der Waals surface area (Å²) in [6.07, 6.45) is 17.7. The SMILES string of the molecule is CCC[P+](CCC)(CCC)CCC.CC[P+](CC)(CC)CC.O=C[O-].O=C[O-]. The predicted molar refractivity (Wildman–Crippen MR) is 129 cm³/mol. The Bertz CT molecular complexity index is 256. The maximum Gasteiger partial charge on any atom is 0.0591 e. The van der Waals surface area contributed by atoms with Crippen LogP contribution in [0.4, 0.5) is 0 Å². The summed E-state index contributed by atoms with van der Waals surface area (Å²) in [5.41, 5.74) is 0. The van der Waals surface area contributed by atoms with Gasteiger partial charge in [-0.3, -0.25) is 0 Å². The smallest absolute Gasteiger partial charge is 0.0591 e. The Kier molecular flexibility index (Phi) is 33.7. The average Bonchev–Trinajstić information content (AvgIpc) is 2.67. The molecule has 4 nitrogen and oxygen atoms in total. The van der Waals surface area contributed by atoms with Crippen molar-refractivity contribution in [2.45, 2.75) is 81.1 Å². The van der Waals surface area contributed by atoms with Gasteiger partial charge in [-0.1, -0.05) is 27.7 Å². The molecule has 0 amide bonds. The summed E-state index contributed by atoms with van der Waals surface area (Å²) in [5, 5.41) is 16.5. The van der Waals surface area contributed by atoms with Crippen LogP contribution in [0.3, 0.4) is 0 Å². The van der Waals surface area contributed by atoms with Crippen LogP contribution in [0, 0.1) is 0 Å². The highest BCUT2D eigenvalue weighted by Crippen LogP contribution is 2.60. The van der Waals surface area contributed by atoms with Gasteiger partial charge in [0.1, 0.15) is 0 Å². The van der Waals surface area contributed by atoms with E-state index in [-0.39, 0.29) is 0 Å². The molecular formula is C22H50O4P2. The first-order valence-corrected chi connectivity index (χ1v) is 16.2. The summed E-state index contributed by atoms with van der Waals surface area (Å²) < 4.78 is 0. The number of carbonyl (C=O) groups excluding carboxylic acids is 2. The summed E-state index contributed by atoms with van der Waals surface area (Å²) in [6.45, 7) is 17.8. The van der Waals surface area contributed by atoms with Crippen molar-refractivity contribution in [3.05, 3.63) is 0 Å². The summed E-state index contributed by atoms with van der Waals surface area (Å²) in [7, 11) is -0.916. The molecule has 0 radical (unpaired) electrons. The van der Waals surface area contributed by atoms with E-state index in [0.717, 1.165) is 0 Å². The Morgan fingerprint density at radius 2 is 0.679 bits per heavy atom. The maximum absolute atomic E-state index is 8.25. The van der Waals surface area contributed by atoms with Gasteiger partial charge < -0.3 is 19.8 Å². The molecule has 0 unspecified atom stereocenters.